The number of aryl methyl sites for hydroxylation is 1. The second kappa shape index (κ2) is 3.85. The summed E-state index contributed by atoms with van der Waals surface area (Å²) in [6.45, 7) is 3.23. The Hall–Kier alpha value is -1.03. The summed E-state index contributed by atoms with van der Waals surface area (Å²) in [6, 6.07) is 8.80. The van der Waals surface area contributed by atoms with Crippen molar-refractivity contribution in [1.82, 2.24) is 0 Å². The quantitative estimate of drug-likeness (QED) is 0.715. The average molecular weight is 224 g/mol. The minimum atomic E-state index is -2.79. The molecule has 0 saturated carbocycles. The van der Waals surface area contributed by atoms with Crippen LogP contribution in [0, 0.1) is 13.0 Å². The normalized spacial score (nSPS) is 20.2. The van der Waals surface area contributed by atoms with Gasteiger partial charge in [0, 0.05) is 18.8 Å². The van der Waals surface area contributed by atoms with Crippen molar-refractivity contribution >= 4 is 15.5 Å². The van der Waals surface area contributed by atoms with E-state index in [1.54, 1.807) is 0 Å². The van der Waals surface area contributed by atoms with Crippen LogP contribution in [0.1, 0.15) is 5.56 Å². The predicted octanol–water partition coefficient (Wildman–Crippen LogP) is 1.03. The molecule has 0 aromatic heterocycles. The van der Waals surface area contributed by atoms with Crippen molar-refractivity contribution in [2.24, 2.45) is 0 Å². The summed E-state index contributed by atoms with van der Waals surface area (Å²) in [6.07, 6.45) is 0. The van der Waals surface area contributed by atoms with E-state index in [1.807, 2.05) is 25.1 Å². The summed E-state index contributed by atoms with van der Waals surface area (Å²) in [5.74, 6) is 0.538. The Morgan fingerprint density at radius 2 is 2.00 bits per heavy atom. The average Bonchev–Trinajstić information content (AvgIpc) is 2.19. The lowest BCUT2D eigenvalue weighted by Crippen LogP contribution is -2.40. The van der Waals surface area contributed by atoms with Crippen LogP contribution in [0.2, 0.25) is 0 Å². The summed E-state index contributed by atoms with van der Waals surface area (Å²) in [5, 5.41) is 0. The first kappa shape index (κ1) is 10.5. The van der Waals surface area contributed by atoms with Crippen LogP contribution in [0.25, 0.3) is 0 Å². The van der Waals surface area contributed by atoms with Crippen LogP contribution in [-0.2, 0) is 9.84 Å². The fourth-order valence-corrected chi connectivity index (χ4v) is 3.01. The fraction of sp³-hybridized carbons (Fsp3) is 0.455. The second-order valence-corrected chi connectivity index (χ2v) is 6.16. The lowest BCUT2D eigenvalue weighted by molar-refractivity contribution is 0.586. The first-order valence-electron chi connectivity index (χ1n) is 5.00. The molecule has 0 N–H and O–H groups in total. The van der Waals surface area contributed by atoms with E-state index >= 15 is 0 Å². The minimum Gasteiger partial charge on any atom is -0.369 e. The highest BCUT2D eigenvalue weighted by Crippen LogP contribution is 2.20. The third kappa shape index (κ3) is 2.31. The molecule has 1 radical (unpaired) electrons. The highest BCUT2D eigenvalue weighted by molar-refractivity contribution is 7.91. The smallest absolute Gasteiger partial charge is 0.153 e. The van der Waals surface area contributed by atoms with Gasteiger partial charge in [-0.3, -0.25) is 0 Å². The van der Waals surface area contributed by atoms with Crippen LogP contribution in [-0.4, -0.2) is 33.0 Å². The largest absolute Gasteiger partial charge is 0.369 e. The second-order valence-electron chi connectivity index (χ2n) is 3.85. The number of rotatable bonds is 1. The molecule has 1 aromatic rings. The van der Waals surface area contributed by atoms with Crippen LogP contribution in [0.3, 0.4) is 0 Å². The van der Waals surface area contributed by atoms with Crippen molar-refractivity contribution in [3.8, 4) is 0 Å². The zero-order valence-electron chi connectivity index (χ0n) is 8.73. The molecule has 1 aliphatic rings. The number of sulfone groups is 1. The van der Waals surface area contributed by atoms with Crippen LogP contribution in [0.15, 0.2) is 18.2 Å². The van der Waals surface area contributed by atoms with Crippen molar-refractivity contribution in [2.45, 2.75) is 6.92 Å². The summed E-state index contributed by atoms with van der Waals surface area (Å²) < 4.78 is 22.6. The third-order valence-corrected chi connectivity index (χ3v) is 4.34. The molecule has 0 bridgehead atoms. The van der Waals surface area contributed by atoms with Gasteiger partial charge < -0.3 is 4.90 Å². The molecule has 4 heteroatoms. The van der Waals surface area contributed by atoms with Gasteiger partial charge in [-0.1, -0.05) is 6.07 Å². The molecule has 0 atom stereocenters. The Morgan fingerprint density at radius 3 is 2.60 bits per heavy atom. The standard InChI is InChI=1S/C11H14NO2S/c1-10-4-2-3-5-11(10)12-6-8-15(13,14)9-7-12/h3-5H,6-9H2,1H3. The lowest BCUT2D eigenvalue weighted by atomic mass is 10.2. The number of benzene rings is 1. The van der Waals surface area contributed by atoms with E-state index in [1.165, 1.54) is 0 Å². The van der Waals surface area contributed by atoms with E-state index in [4.69, 9.17) is 0 Å². The Morgan fingerprint density at radius 1 is 1.33 bits per heavy atom. The lowest BCUT2D eigenvalue weighted by Gasteiger charge is -2.29. The maximum absolute atomic E-state index is 11.3. The Kier molecular flexibility index (Phi) is 2.69. The van der Waals surface area contributed by atoms with Crippen LogP contribution >= 0.6 is 0 Å². The molecule has 1 aromatic carbocycles. The SMILES string of the molecule is Cc1c[c]ccc1N1CCS(=O)(=O)CC1. The molecule has 0 amide bonds. The molecule has 1 saturated heterocycles. The maximum atomic E-state index is 11.3. The molecule has 2 rings (SSSR count). The van der Waals surface area contributed by atoms with Crippen molar-refractivity contribution in [3.05, 3.63) is 29.8 Å². The van der Waals surface area contributed by atoms with E-state index < -0.39 is 9.84 Å². The highest BCUT2D eigenvalue weighted by Gasteiger charge is 2.22. The monoisotopic (exact) mass is 224 g/mol. The highest BCUT2D eigenvalue weighted by atomic mass is 32.2. The van der Waals surface area contributed by atoms with E-state index in [-0.39, 0.29) is 11.5 Å². The van der Waals surface area contributed by atoms with Crippen LogP contribution < -0.4 is 4.90 Å². The summed E-state index contributed by atoms with van der Waals surface area (Å²) in [5.41, 5.74) is 2.28. The third-order valence-electron chi connectivity index (χ3n) is 2.73. The fourth-order valence-electron chi connectivity index (χ4n) is 1.81. The molecular weight excluding hydrogens is 210 g/mol. The summed E-state index contributed by atoms with van der Waals surface area (Å²) in [7, 11) is -2.79. The first-order chi connectivity index (χ1) is 7.08. The van der Waals surface area contributed by atoms with Gasteiger partial charge in [-0.25, -0.2) is 8.42 Å². The van der Waals surface area contributed by atoms with Gasteiger partial charge in [0.05, 0.1) is 11.5 Å². The zero-order valence-corrected chi connectivity index (χ0v) is 9.55. The number of hydrogen-bond acceptors (Lipinski definition) is 3. The van der Waals surface area contributed by atoms with E-state index in [9.17, 15) is 8.42 Å². The molecule has 0 unspecified atom stereocenters. The maximum Gasteiger partial charge on any atom is 0.153 e. The molecular formula is C11H14NO2S. The van der Waals surface area contributed by atoms with Gasteiger partial charge in [0.1, 0.15) is 0 Å². The van der Waals surface area contributed by atoms with Gasteiger partial charge >= 0.3 is 0 Å². The molecule has 1 aliphatic heterocycles. The molecule has 3 nitrogen and oxygen atoms in total. The molecule has 0 spiro atoms. The summed E-state index contributed by atoms with van der Waals surface area (Å²) >= 11 is 0. The molecule has 1 heterocycles. The van der Waals surface area contributed by atoms with Crippen molar-refractivity contribution in [2.75, 3.05) is 29.5 Å². The molecule has 0 aliphatic carbocycles. The van der Waals surface area contributed by atoms with E-state index in [0.717, 1.165) is 11.3 Å². The number of anilines is 1. The van der Waals surface area contributed by atoms with Gasteiger partial charge in [-0.2, -0.15) is 0 Å². The van der Waals surface area contributed by atoms with Crippen LogP contribution in [0.5, 0.6) is 0 Å². The predicted molar refractivity (Wildman–Crippen MR) is 60.9 cm³/mol. The van der Waals surface area contributed by atoms with Gasteiger partial charge in [0.15, 0.2) is 9.84 Å². The molecule has 1 fully saturated rings. The zero-order chi connectivity index (χ0) is 10.9. The number of hydrogen-bond donors (Lipinski definition) is 0. The van der Waals surface area contributed by atoms with Crippen molar-refractivity contribution < 1.29 is 8.42 Å². The van der Waals surface area contributed by atoms with Gasteiger partial charge in [-0.05, 0) is 30.7 Å². The van der Waals surface area contributed by atoms with E-state index in [2.05, 4.69) is 11.0 Å². The molecule has 15 heavy (non-hydrogen) atoms. The van der Waals surface area contributed by atoms with Gasteiger partial charge in [0.25, 0.3) is 0 Å². The van der Waals surface area contributed by atoms with Gasteiger partial charge in [0.2, 0.25) is 0 Å². The Balaban J connectivity index is 2.18. The Bertz CT molecular complexity index is 439. The van der Waals surface area contributed by atoms with Crippen molar-refractivity contribution in [3.63, 3.8) is 0 Å². The topological polar surface area (TPSA) is 37.4 Å². The van der Waals surface area contributed by atoms with E-state index in [0.29, 0.717) is 13.1 Å². The Labute approximate surface area is 90.6 Å². The summed E-state index contributed by atoms with van der Waals surface area (Å²) in [4.78, 5) is 2.13. The molecule has 81 valence electrons. The van der Waals surface area contributed by atoms with Crippen molar-refractivity contribution in [1.29, 1.82) is 0 Å². The first-order valence-corrected chi connectivity index (χ1v) is 6.83. The number of nitrogens with zero attached hydrogens (tertiary/aromatic N) is 1. The minimum absolute atomic E-state index is 0.269. The van der Waals surface area contributed by atoms with Crippen LogP contribution in [0.4, 0.5) is 5.69 Å². The van der Waals surface area contributed by atoms with Gasteiger partial charge in [-0.15, -0.1) is 0 Å².